The topological polar surface area (TPSA) is 69.4 Å². The molecule has 0 spiro atoms. The van der Waals surface area contributed by atoms with Crippen molar-refractivity contribution in [2.75, 3.05) is 19.0 Å². The van der Waals surface area contributed by atoms with Crippen LogP contribution in [0.25, 0.3) is 0 Å². The summed E-state index contributed by atoms with van der Waals surface area (Å²) < 4.78 is 28.8. The summed E-state index contributed by atoms with van der Waals surface area (Å²) in [6, 6.07) is -0.272. The van der Waals surface area contributed by atoms with Crippen LogP contribution in [0.2, 0.25) is 0 Å². The molecule has 1 aliphatic heterocycles. The molecule has 0 aromatic carbocycles. The van der Waals surface area contributed by atoms with Gasteiger partial charge in [-0.05, 0) is 19.8 Å². The van der Waals surface area contributed by atoms with E-state index in [0.717, 1.165) is 6.42 Å². The highest BCUT2D eigenvalue weighted by molar-refractivity contribution is 7.92. The van der Waals surface area contributed by atoms with Gasteiger partial charge in [0, 0.05) is 18.6 Å². The van der Waals surface area contributed by atoms with Crippen molar-refractivity contribution in [3.8, 4) is 0 Å². The van der Waals surface area contributed by atoms with Crippen LogP contribution < -0.4 is 5.73 Å². The fourth-order valence-corrected chi connectivity index (χ4v) is 3.36. The van der Waals surface area contributed by atoms with Gasteiger partial charge in [0.05, 0.1) is 17.6 Å². The first-order chi connectivity index (χ1) is 6.97. The van der Waals surface area contributed by atoms with Crippen LogP contribution in [-0.4, -0.2) is 38.7 Å². The Bertz CT molecular complexity index is 283. The minimum atomic E-state index is -3.03. The summed E-state index contributed by atoms with van der Waals surface area (Å²) in [5, 5.41) is -0.286. The standard InChI is InChI=1S/C10H21NO3S/c1-3-8(2)15(12,13)7-10(11)9-4-5-14-6-9/h8-10H,3-7,11H2,1-2H3. The molecule has 0 aliphatic carbocycles. The molecule has 5 heteroatoms. The van der Waals surface area contributed by atoms with E-state index in [-0.39, 0.29) is 23.0 Å². The van der Waals surface area contributed by atoms with Gasteiger partial charge in [0.15, 0.2) is 9.84 Å². The van der Waals surface area contributed by atoms with Crippen LogP contribution in [0.15, 0.2) is 0 Å². The third kappa shape index (κ3) is 3.43. The highest BCUT2D eigenvalue weighted by Gasteiger charge is 2.29. The van der Waals surface area contributed by atoms with Crippen LogP contribution in [0, 0.1) is 5.92 Å². The van der Waals surface area contributed by atoms with Gasteiger partial charge in [-0.3, -0.25) is 0 Å². The smallest absolute Gasteiger partial charge is 0.154 e. The Morgan fingerprint density at radius 1 is 1.53 bits per heavy atom. The van der Waals surface area contributed by atoms with Gasteiger partial charge in [-0.2, -0.15) is 0 Å². The van der Waals surface area contributed by atoms with E-state index in [1.807, 2.05) is 6.92 Å². The molecule has 4 nitrogen and oxygen atoms in total. The molecule has 0 bridgehead atoms. The summed E-state index contributed by atoms with van der Waals surface area (Å²) in [7, 11) is -3.03. The molecule has 0 aromatic heterocycles. The molecule has 0 amide bonds. The summed E-state index contributed by atoms with van der Waals surface area (Å²) >= 11 is 0. The van der Waals surface area contributed by atoms with Gasteiger partial charge < -0.3 is 10.5 Å². The summed E-state index contributed by atoms with van der Waals surface area (Å²) in [6.07, 6.45) is 1.54. The van der Waals surface area contributed by atoms with E-state index >= 15 is 0 Å². The van der Waals surface area contributed by atoms with Crippen LogP contribution in [0.1, 0.15) is 26.7 Å². The first-order valence-corrected chi connectivity index (χ1v) is 7.23. The Morgan fingerprint density at radius 2 is 2.20 bits per heavy atom. The fourth-order valence-electron chi connectivity index (χ4n) is 1.71. The molecule has 1 rings (SSSR count). The molecule has 0 radical (unpaired) electrons. The van der Waals surface area contributed by atoms with Crippen molar-refractivity contribution in [2.24, 2.45) is 11.7 Å². The number of nitrogens with two attached hydrogens (primary N) is 1. The monoisotopic (exact) mass is 235 g/mol. The predicted molar refractivity (Wildman–Crippen MR) is 60.4 cm³/mol. The molecule has 3 unspecified atom stereocenters. The van der Waals surface area contributed by atoms with Crippen LogP contribution in [0.5, 0.6) is 0 Å². The second-order valence-electron chi connectivity index (χ2n) is 4.34. The van der Waals surface area contributed by atoms with Crippen molar-refractivity contribution in [3.05, 3.63) is 0 Å². The second kappa shape index (κ2) is 5.27. The third-order valence-electron chi connectivity index (χ3n) is 3.18. The van der Waals surface area contributed by atoms with E-state index in [4.69, 9.17) is 10.5 Å². The van der Waals surface area contributed by atoms with Crippen molar-refractivity contribution < 1.29 is 13.2 Å². The van der Waals surface area contributed by atoms with E-state index < -0.39 is 9.84 Å². The average Bonchev–Trinajstić information content (AvgIpc) is 2.68. The number of ether oxygens (including phenoxy) is 1. The average molecular weight is 235 g/mol. The molecule has 0 aromatic rings. The lowest BCUT2D eigenvalue weighted by Crippen LogP contribution is -2.39. The van der Waals surface area contributed by atoms with Crippen molar-refractivity contribution in [1.82, 2.24) is 0 Å². The number of rotatable bonds is 5. The van der Waals surface area contributed by atoms with Crippen molar-refractivity contribution in [3.63, 3.8) is 0 Å². The van der Waals surface area contributed by atoms with Gasteiger partial charge in [0.2, 0.25) is 0 Å². The molecular weight excluding hydrogens is 214 g/mol. The van der Waals surface area contributed by atoms with Gasteiger partial charge >= 0.3 is 0 Å². The summed E-state index contributed by atoms with van der Waals surface area (Å²) in [4.78, 5) is 0. The Hall–Kier alpha value is -0.130. The predicted octanol–water partition coefficient (Wildman–Crippen LogP) is 0.563. The highest BCUT2D eigenvalue weighted by Crippen LogP contribution is 2.18. The molecule has 15 heavy (non-hydrogen) atoms. The number of hydrogen-bond acceptors (Lipinski definition) is 4. The lowest BCUT2D eigenvalue weighted by molar-refractivity contribution is 0.182. The summed E-state index contributed by atoms with van der Waals surface area (Å²) in [5.74, 6) is 0.305. The summed E-state index contributed by atoms with van der Waals surface area (Å²) in [5.41, 5.74) is 5.90. The minimum Gasteiger partial charge on any atom is -0.381 e. The van der Waals surface area contributed by atoms with Gasteiger partial charge in [0.1, 0.15) is 0 Å². The molecular formula is C10H21NO3S. The molecule has 1 heterocycles. The van der Waals surface area contributed by atoms with Gasteiger partial charge in [-0.15, -0.1) is 0 Å². The second-order valence-corrected chi connectivity index (χ2v) is 6.80. The van der Waals surface area contributed by atoms with E-state index in [9.17, 15) is 8.42 Å². The lowest BCUT2D eigenvalue weighted by atomic mass is 10.0. The van der Waals surface area contributed by atoms with E-state index in [2.05, 4.69) is 0 Å². The highest BCUT2D eigenvalue weighted by atomic mass is 32.2. The quantitative estimate of drug-likeness (QED) is 0.756. The first-order valence-electron chi connectivity index (χ1n) is 5.52. The fraction of sp³-hybridized carbons (Fsp3) is 1.00. The van der Waals surface area contributed by atoms with Crippen LogP contribution in [-0.2, 0) is 14.6 Å². The van der Waals surface area contributed by atoms with Crippen LogP contribution in [0.4, 0.5) is 0 Å². The molecule has 1 saturated heterocycles. The normalized spacial score (nSPS) is 26.5. The molecule has 0 saturated carbocycles. The Balaban J connectivity index is 2.52. The maximum atomic E-state index is 11.8. The van der Waals surface area contributed by atoms with E-state index in [1.165, 1.54) is 0 Å². The Morgan fingerprint density at radius 3 is 2.67 bits per heavy atom. The Kier molecular flexibility index (Phi) is 4.55. The third-order valence-corrected chi connectivity index (χ3v) is 5.59. The zero-order valence-corrected chi connectivity index (χ0v) is 10.3. The molecule has 90 valence electrons. The largest absolute Gasteiger partial charge is 0.381 e. The summed E-state index contributed by atoms with van der Waals surface area (Å²) in [6.45, 7) is 4.94. The first kappa shape index (κ1) is 12.9. The number of hydrogen-bond donors (Lipinski definition) is 1. The zero-order chi connectivity index (χ0) is 11.5. The van der Waals surface area contributed by atoms with Crippen LogP contribution in [0.3, 0.4) is 0 Å². The van der Waals surface area contributed by atoms with Gasteiger partial charge in [0.25, 0.3) is 0 Å². The SMILES string of the molecule is CCC(C)S(=O)(=O)CC(N)C1CCOC1. The van der Waals surface area contributed by atoms with Crippen molar-refractivity contribution >= 4 is 9.84 Å². The maximum absolute atomic E-state index is 11.8. The lowest BCUT2D eigenvalue weighted by Gasteiger charge is -2.19. The van der Waals surface area contributed by atoms with Crippen molar-refractivity contribution in [2.45, 2.75) is 38.0 Å². The van der Waals surface area contributed by atoms with Crippen molar-refractivity contribution in [1.29, 1.82) is 0 Å². The van der Waals surface area contributed by atoms with Gasteiger partial charge in [-0.25, -0.2) is 8.42 Å². The van der Waals surface area contributed by atoms with Gasteiger partial charge in [-0.1, -0.05) is 6.92 Å². The van der Waals surface area contributed by atoms with E-state index in [1.54, 1.807) is 6.92 Å². The Labute approximate surface area is 92.1 Å². The van der Waals surface area contributed by atoms with Crippen LogP contribution >= 0.6 is 0 Å². The molecule has 2 N–H and O–H groups in total. The molecule has 1 fully saturated rings. The van der Waals surface area contributed by atoms with E-state index in [0.29, 0.717) is 19.6 Å². The number of sulfone groups is 1. The molecule has 3 atom stereocenters. The zero-order valence-electron chi connectivity index (χ0n) is 9.48. The minimum absolute atomic E-state index is 0.0933. The molecule has 1 aliphatic rings. The maximum Gasteiger partial charge on any atom is 0.154 e.